The van der Waals surface area contributed by atoms with Crippen molar-refractivity contribution in [2.24, 2.45) is 5.16 Å². The molecule has 0 radical (unpaired) electrons. The Balaban J connectivity index is 1.77. The Labute approximate surface area is 146 Å². The molecule has 0 bridgehead atoms. The zero-order valence-electron chi connectivity index (χ0n) is 12.3. The number of oxime groups is 1. The normalized spacial score (nSPS) is 11.3. The number of ether oxygens (including phenoxy) is 1. The van der Waals surface area contributed by atoms with Crippen molar-refractivity contribution >= 4 is 27.6 Å². The largest absolute Gasteiger partial charge is 0.442 e. The summed E-state index contributed by atoms with van der Waals surface area (Å²) in [7, 11) is 0. The second-order valence-corrected chi connectivity index (χ2v) is 5.61. The highest BCUT2D eigenvalue weighted by Crippen LogP contribution is 2.19. The van der Waals surface area contributed by atoms with Crippen LogP contribution in [0, 0.1) is 0 Å². The van der Waals surface area contributed by atoms with Gasteiger partial charge < -0.3 is 14.4 Å². The SMILES string of the molecule is O=C(Oc1ccc(/C(=N/O)c2ccccc2)cc1)c1ccc(Br)o1. The number of carbonyl (C=O) groups excluding carboxylic acids is 1. The van der Waals surface area contributed by atoms with Gasteiger partial charge in [0.2, 0.25) is 5.76 Å². The summed E-state index contributed by atoms with van der Waals surface area (Å²) in [6.07, 6.45) is 0. The number of benzene rings is 2. The summed E-state index contributed by atoms with van der Waals surface area (Å²) < 4.78 is 10.8. The van der Waals surface area contributed by atoms with E-state index in [-0.39, 0.29) is 5.76 Å². The molecule has 0 aliphatic rings. The molecule has 0 atom stereocenters. The Hall–Kier alpha value is -2.86. The first-order valence-corrected chi connectivity index (χ1v) is 7.82. The van der Waals surface area contributed by atoms with Gasteiger partial charge in [-0.3, -0.25) is 0 Å². The van der Waals surface area contributed by atoms with E-state index in [1.54, 1.807) is 30.3 Å². The minimum absolute atomic E-state index is 0.104. The van der Waals surface area contributed by atoms with Crippen molar-refractivity contribution < 1.29 is 19.2 Å². The average molecular weight is 386 g/mol. The van der Waals surface area contributed by atoms with Crippen molar-refractivity contribution in [1.29, 1.82) is 0 Å². The molecule has 0 saturated heterocycles. The van der Waals surface area contributed by atoms with Crippen LogP contribution in [0.5, 0.6) is 5.75 Å². The second-order valence-electron chi connectivity index (χ2n) is 4.83. The molecule has 2 aromatic carbocycles. The number of esters is 1. The zero-order valence-corrected chi connectivity index (χ0v) is 13.9. The Morgan fingerprint density at radius 3 is 2.21 bits per heavy atom. The molecule has 0 spiro atoms. The smallest absolute Gasteiger partial charge is 0.379 e. The zero-order chi connectivity index (χ0) is 16.9. The van der Waals surface area contributed by atoms with Gasteiger partial charge in [0.1, 0.15) is 11.5 Å². The molecule has 6 heteroatoms. The predicted molar refractivity (Wildman–Crippen MR) is 91.7 cm³/mol. The number of hydrogen-bond acceptors (Lipinski definition) is 5. The van der Waals surface area contributed by atoms with E-state index in [9.17, 15) is 10.0 Å². The standard InChI is InChI=1S/C18H12BrNO4/c19-16-11-10-15(24-16)18(21)23-14-8-6-13(7-9-14)17(20-22)12-4-2-1-3-5-12/h1-11,22H/b20-17+. The van der Waals surface area contributed by atoms with E-state index in [0.717, 1.165) is 5.56 Å². The molecule has 120 valence electrons. The lowest BCUT2D eigenvalue weighted by atomic mass is 10.0. The molecule has 0 amide bonds. The van der Waals surface area contributed by atoms with Crippen molar-refractivity contribution in [3.05, 3.63) is 88.3 Å². The number of halogens is 1. The van der Waals surface area contributed by atoms with Crippen LogP contribution in [0.25, 0.3) is 0 Å². The molecule has 5 nitrogen and oxygen atoms in total. The van der Waals surface area contributed by atoms with Crippen LogP contribution in [0.1, 0.15) is 21.7 Å². The lowest BCUT2D eigenvalue weighted by molar-refractivity contribution is 0.0700. The van der Waals surface area contributed by atoms with Gasteiger partial charge in [0.25, 0.3) is 0 Å². The molecule has 3 rings (SSSR count). The number of rotatable bonds is 4. The summed E-state index contributed by atoms with van der Waals surface area (Å²) in [5.41, 5.74) is 1.91. The van der Waals surface area contributed by atoms with Gasteiger partial charge in [-0.05, 0) is 52.3 Å². The highest BCUT2D eigenvalue weighted by atomic mass is 79.9. The fourth-order valence-corrected chi connectivity index (χ4v) is 2.45. The van der Waals surface area contributed by atoms with Gasteiger partial charge in [-0.1, -0.05) is 35.5 Å². The first-order chi connectivity index (χ1) is 11.7. The van der Waals surface area contributed by atoms with E-state index in [2.05, 4.69) is 21.1 Å². The van der Waals surface area contributed by atoms with Crippen LogP contribution in [0.2, 0.25) is 0 Å². The first kappa shape index (κ1) is 16.0. The number of furan rings is 1. The third-order valence-corrected chi connectivity index (χ3v) is 3.69. The Morgan fingerprint density at radius 1 is 0.958 bits per heavy atom. The fraction of sp³-hybridized carbons (Fsp3) is 0. The fourth-order valence-electron chi connectivity index (χ4n) is 2.14. The van der Waals surface area contributed by atoms with E-state index in [1.807, 2.05) is 30.3 Å². The van der Waals surface area contributed by atoms with E-state index in [1.165, 1.54) is 6.07 Å². The maximum Gasteiger partial charge on any atom is 0.379 e. The van der Waals surface area contributed by atoms with Gasteiger partial charge in [0, 0.05) is 11.1 Å². The molecule has 0 fully saturated rings. The van der Waals surface area contributed by atoms with Gasteiger partial charge >= 0.3 is 5.97 Å². The molecule has 0 aliphatic heterocycles. The van der Waals surface area contributed by atoms with Crippen LogP contribution < -0.4 is 4.74 Å². The van der Waals surface area contributed by atoms with Gasteiger partial charge in [0.15, 0.2) is 4.67 Å². The third kappa shape index (κ3) is 3.55. The number of hydrogen-bond donors (Lipinski definition) is 1. The molecule has 1 N–H and O–H groups in total. The molecule has 0 aliphatic carbocycles. The first-order valence-electron chi connectivity index (χ1n) is 7.03. The molecule has 3 aromatic rings. The number of nitrogens with zero attached hydrogens (tertiary/aromatic N) is 1. The molecular formula is C18H12BrNO4. The van der Waals surface area contributed by atoms with Crippen molar-refractivity contribution in [1.82, 2.24) is 0 Å². The number of carbonyl (C=O) groups is 1. The van der Waals surface area contributed by atoms with Crippen LogP contribution in [0.15, 0.2) is 81.0 Å². The van der Waals surface area contributed by atoms with Crippen molar-refractivity contribution in [3.63, 3.8) is 0 Å². The lowest BCUT2D eigenvalue weighted by Crippen LogP contribution is -2.08. The van der Waals surface area contributed by atoms with E-state index in [4.69, 9.17) is 9.15 Å². The molecule has 0 unspecified atom stereocenters. The molecule has 24 heavy (non-hydrogen) atoms. The minimum Gasteiger partial charge on any atom is -0.442 e. The Morgan fingerprint density at radius 2 is 1.62 bits per heavy atom. The topological polar surface area (TPSA) is 72.0 Å². The highest BCUT2D eigenvalue weighted by molar-refractivity contribution is 9.10. The molecular weight excluding hydrogens is 374 g/mol. The third-order valence-electron chi connectivity index (χ3n) is 3.26. The maximum atomic E-state index is 11.9. The second kappa shape index (κ2) is 7.14. The van der Waals surface area contributed by atoms with Crippen LogP contribution in [-0.4, -0.2) is 16.9 Å². The summed E-state index contributed by atoms with van der Waals surface area (Å²) in [5.74, 6) is -0.123. The summed E-state index contributed by atoms with van der Waals surface area (Å²) in [6.45, 7) is 0. The minimum atomic E-state index is -0.590. The molecule has 1 heterocycles. The van der Waals surface area contributed by atoms with Crippen molar-refractivity contribution in [2.45, 2.75) is 0 Å². The monoisotopic (exact) mass is 385 g/mol. The van der Waals surface area contributed by atoms with Crippen molar-refractivity contribution in [3.8, 4) is 5.75 Å². The maximum absolute atomic E-state index is 11.9. The quantitative estimate of drug-likeness (QED) is 0.236. The highest BCUT2D eigenvalue weighted by Gasteiger charge is 2.14. The Bertz CT molecular complexity index is 870. The summed E-state index contributed by atoms with van der Waals surface area (Å²) >= 11 is 3.13. The van der Waals surface area contributed by atoms with E-state index >= 15 is 0 Å². The van der Waals surface area contributed by atoms with Gasteiger partial charge in [-0.25, -0.2) is 4.79 Å². The summed E-state index contributed by atoms with van der Waals surface area (Å²) in [6, 6.07) is 19.1. The summed E-state index contributed by atoms with van der Waals surface area (Å²) in [4.78, 5) is 11.9. The Kier molecular flexibility index (Phi) is 4.77. The van der Waals surface area contributed by atoms with Gasteiger partial charge in [0.05, 0.1) is 0 Å². The van der Waals surface area contributed by atoms with Gasteiger partial charge in [-0.15, -0.1) is 0 Å². The van der Waals surface area contributed by atoms with Crippen LogP contribution in [0.3, 0.4) is 0 Å². The van der Waals surface area contributed by atoms with Crippen LogP contribution in [0.4, 0.5) is 0 Å². The average Bonchev–Trinajstić information content (AvgIpc) is 3.05. The van der Waals surface area contributed by atoms with Gasteiger partial charge in [-0.2, -0.15) is 0 Å². The van der Waals surface area contributed by atoms with E-state index < -0.39 is 5.97 Å². The molecule has 1 aromatic heterocycles. The van der Waals surface area contributed by atoms with Crippen LogP contribution >= 0.6 is 15.9 Å². The van der Waals surface area contributed by atoms with E-state index in [0.29, 0.717) is 21.7 Å². The van der Waals surface area contributed by atoms with Crippen molar-refractivity contribution in [2.75, 3.05) is 0 Å². The summed E-state index contributed by atoms with van der Waals surface area (Å²) in [5, 5.41) is 12.6. The molecule has 0 saturated carbocycles. The van der Waals surface area contributed by atoms with Crippen LogP contribution in [-0.2, 0) is 0 Å². The lowest BCUT2D eigenvalue weighted by Gasteiger charge is -2.06. The predicted octanol–water partition coefficient (Wildman–Crippen LogP) is 4.49.